The summed E-state index contributed by atoms with van der Waals surface area (Å²) in [5.41, 5.74) is -3.40. The molecule has 1 aromatic carbocycles. The third-order valence-corrected chi connectivity index (χ3v) is 17.2. The fourth-order valence-corrected chi connectivity index (χ4v) is 12.0. The molecule has 0 spiro atoms. The maximum Gasteiger partial charge on any atom is 0.410 e. The number of carbonyl (C=O) groups is 8. The molecule has 0 aliphatic carbocycles. The van der Waals surface area contributed by atoms with Crippen LogP contribution in [0.1, 0.15) is 342 Å². The number of amides is 8. The van der Waals surface area contributed by atoms with E-state index in [0.29, 0.717) is 110 Å². The summed E-state index contributed by atoms with van der Waals surface area (Å²) in [5, 5.41) is 11.5. The molecule has 23 heteroatoms. The molecule has 0 saturated carbocycles. The summed E-state index contributed by atoms with van der Waals surface area (Å²) in [7, 11) is 0. The van der Waals surface area contributed by atoms with E-state index in [1.165, 1.54) is 103 Å². The molecule has 108 heavy (non-hydrogen) atoms. The highest BCUT2D eigenvalue weighted by Gasteiger charge is 2.31. The van der Waals surface area contributed by atoms with Gasteiger partial charge in [-0.3, -0.25) is 4.79 Å². The zero-order valence-electron chi connectivity index (χ0n) is 71.4. The number of rotatable bonds is 55. The molecule has 0 aliphatic rings. The molecule has 0 unspecified atom stereocenters. The van der Waals surface area contributed by atoms with Crippen molar-refractivity contribution >= 4 is 48.6 Å². The third kappa shape index (κ3) is 61.4. The van der Waals surface area contributed by atoms with Crippen LogP contribution >= 0.6 is 0 Å². The van der Waals surface area contributed by atoms with Crippen LogP contribution in [0.3, 0.4) is 0 Å². The molecule has 0 atom stereocenters. The number of ether oxygens (including phenoxy) is 7. The van der Waals surface area contributed by atoms with Gasteiger partial charge >= 0.3 is 42.7 Å². The molecule has 0 heterocycles. The number of benzene rings is 1. The molecule has 626 valence electrons. The second kappa shape index (κ2) is 55.9. The van der Waals surface area contributed by atoms with E-state index in [1.807, 2.05) is 113 Å². The van der Waals surface area contributed by atoms with Crippen molar-refractivity contribution in [1.29, 1.82) is 0 Å². The minimum atomic E-state index is -0.803. The predicted octanol–water partition coefficient (Wildman–Crippen LogP) is 20.5. The van der Waals surface area contributed by atoms with Gasteiger partial charge in [0.25, 0.3) is 0 Å². The van der Waals surface area contributed by atoms with Crippen LogP contribution in [0.4, 0.5) is 33.6 Å². The smallest absolute Gasteiger partial charge is 0.410 e. The van der Waals surface area contributed by atoms with Gasteiger partial charge in [-0.2, -0.15) is 0 Å². The van der Waals surface area contributed by atoms with Crippen LogP contribution in [0.15, 0.2) is 30.3 Å². The third-order valence-electron chi connectivity index (χ3n) is 17.2. The highest BCUT2D eigenvalue weighted by molar-refractivity contribution is 5.75. The van der Waals surface area contributed by atoms with Crippen molar-refractivity contribution in [3.05, 3.63) is 35.9 Å². The number of alkyl carbamates (subject to hydrolysis) is 3. The Kier molecular flexibility index (Phi) is 51.5. The quantitative estimate of drug-likeness (QED) is 0.0349. The highest BCUT2D eigenvalue weighted by atomic mass is 16.6. The molecule has 23 nitrogen and oxygen atoms in total. The Bertz CT molecular complexity index is 2480. The van der Waals surface area contributed by atoms with Crippen molar-refractivity contribution in [2.75, 3.05) is 78.5 Å². The van der Waals surface area contributed by atoms with Gasteiger partial charge in [0.05, 0.1) is 0 Å². The molecule has 8 amide bonds. The molecule has 0 saturated heterocycles. The first kappa shape index (κ1) is 99.6. The number of nitrogens with zero attached hydrogens (tertiary/aromatic N) is 4. The summed E-state index contributed by atoms with van der Waals surface area (Å²) in [6, 6.07) is 9.74. The number of hydrogen-bond acceptors (Lipinski definition) is 15. The zero-order valence-corrected chi connectivity index (χ0v) is 71.4. The summed E-state index contributed by atoms with van der Waals surface area (Å²) in [6.07, 6.45) is 30.5. The van der Waals surface area contributed by atoms with E-state index in [2.05, 4.69) is 21.3 Å². The Morgan fingerprint density at radius 1 is 0.296 bits per heavy atom. The minimum Gasteiger partial charge on any atom is -0.445 e. The van der Waals surface area contributed by atoms with Gasteiger partial charge in [-0.1, -0.05) is 172 Å². The first-order valence-corrected chi connectivity index (χ1v) is 41.8. The Hall–Kier alpha value is -6.42. The van der Waals surface area contributed by atoms with Crippen molar-refractivity contribution in [1.82, 2.24) is 40.9 Å². The summed E-state index contributed by atoms with van der Waals surface area (Å²) in [6.45, 7) is 37.2. The molecule has 0 fully saturated rings. The first-order chi connectivity index (χ1) is 50.7. The van der Waals surface area contributed by atoms with E-state index < -0.39 is 70.2 Å². The molecule has 1 aromatic rings. The summed E-state index contributed by atoms with van der Waals surface area (Å²) in [4.78, 5) is 112. The molecule has 0 radical (unpaired) electrons. The summed E-state index contributed by atoms with van der Waals surface area (Å²) in [5.74, 6) is -0.121. The average molecular weight is 1530 g/mol. The standard InChI is InChI=1S/C85H156N8O15/c1-80(2,3)103-74(96)88-59-51-65-90(76(98)105-82(7,8)9)61-47-49-63-92(78(100)107-84(13,14)15)67-71(68-93(79(101)108-85(16,17)18)64-50-48-62-91(77(99)106-83(10,11)12)66-52-60-89-75(97)104-81(4,5)6)55-41-37-39-45-57-86-72(94)56-44-36-34-32-30-28-26-24-22-20-19-21-23-25-27-29-31-33-35-38-46-58-87-73(95)102-69-70-53-42-40-43-54-70/h40,42-43,53-54,71H,19-39,41,44-52,55-69H2,1-18H3,(H,86,94)(H,87,95)(H,88,96)(H,89,97). The van der Waals surface area contributed by atoms with Crippen LogP contribution in [0.2, 0.25) is 0 Å². The lowest BCUT2D eigenvalue weighted by atomic mass is 9.98. The van der Waals surface area contributed by atoms with E-state index in [1.54, 1.807) is 61.1 Å². The largest absolute Gasteiger partial charge is 0.445 e. The monoisotopic (exact) mass is 1530 g/mol. The van der Waals surface area contributed by atoms with E-state index in [0.717, 1.165) is 63.4 Å². The van der Waals surface area contributed by atoms with Crippen LogP contribution < -0.4 is 21.3 Å². The average Bonchev–Trinajstić information content (AvgIpc) is 0.866. The Morgan fingerprint density at radius 3 is 0.907 bits per heavy atom. The van der Waals surface area contributed by atoms with Gasteiger partial charge in [-0.15, -0.1) is 0 Å². The summed E-state index contributed by atoms with van der Waals surface area (Å²) < 4.78 is 39.8. The van der Waals surface area contributed by atoms with Gasteiger partial charge in [-0.05, 0) is 200 Å². The lowest BCUT2D eigenvalue weighted by molar-refractivity contribution is -0.121. The normalized spacial score (nSPS) is 12.0. The van der Waals surface area contributed by atoms with Crippen molar-refractivity contribution < 1.29 is 71.5 Å². The number of hydrogen-bond donors (Lipinski definition) is 4. The van der Waals surface area contributed by atoms with E-state index in [4.69, 9.17) is 33.2 Å². The van der Waals surface area contributed by atoms with Gasteiger partial charge in [0, 0.05) is 85.0 Å². The van der Waals surface area contributed by atoms with E-state index >= 15 is 0 Å². The van der Waals surface area contributed by atoms with Gasteiger partial charge in [0.1, 0.15) is 40.2 Å². The van der Waals surface area contributed by atoms with Crippen molar-refractivity contribution in [3.63, 3.8) is 0 Å². The fourth-order valence-electron chi connectivity index (χ4n) is 12.0. The number of nitrogens with one attached hydrogen (secondary N) is 4. The van der Waals surface area contributed by atoms with Gasteiger partial charge in [0.15, 0.2) is 0 Å². The van der Waals surface area contributed by atoms with Gasteiger partial charge < -0.3 is 74.0 Å². The Balaban J connectivity index is 2.87. The molecular formula is C85H156N8O15. The number of carbonyl (C=O) groups excluding carboxylic acids is 8. The maximum absolute atomic E-state index is 14.3. The highest BCUT2D eigenvalue weighted by Crippen LogP contribution is 2.23. The number of unbranched alkanes of at least 4 members (excludes halogenated alkanes) is 25. The van der Waals surface area contributed by atoms with Gasteiger partial charge in [0.2, 0.25) is 5.91 Å². The van der Waals surface area contributed by atoms with Crippen LogP contribution in [0, 0.1) is 5.92 Å². The molecule has 4 N–H and O–H groups in total. The lowest BCUT2D eigenvalue weighted by Crippen LogP contribution is -2.45. The molecular weight excluding hydrogens is 1370 g/mol. The van der Waals surface area contributed by atoms with Crippen molar-refractivity contribution in [2.24, 2.45) is 5.92 Å². The second-order valence-corrected chi connectivity index (χ2v) is 35.3. The summed E-state index contributed by atoms with van der Waals surface area (Å²) >= 11 is 0. The van der Waals surface area contributed by atoms with Crippen LogP contribution in [-0.2, 0) is 44.6 Å². The lowest BCUT2D eigenvalue weighted by Gasteiger charge is -2.34. The van der Waals surface area contributed by atoms with Crippen LogP contribution in [0.25, 0.3) is 0 Å². The fraction of sp³-hybridized carbons (Fsp3) is 0.835. The second-order valence-electron chi connectivity index (χ2n) is 35.3. The Labute approximate surface area is 655 Å². The first-order valence-electron chi connectivity index (χ1n) is 41.8. The maximum atomic E-state index is 14.3. The topological polar surface area (TPSA) is 262 Å². The molecule has 0 aliphatic heterocycles. The zero-order chi connectivity index (χ0) is 80.9. The minimum absolute atomic E-state index is 0.0971. The SMILES string of the molecule is CC(C)(C)OC(=O)NCCCN(CCCCN(CC(CCCCCCNC(=O)CCCCCCCCCCCCCCCCCCCCCCCNC(=O)OCc1ccccc1)CN(CCCCN(CCCNC(=O)OC(C)(C)C)C(=O)OC(C)(C)C)C(=O)OC(C)(C)C)C(=O)OC(C)(C)C)C(=O)OC(C)(C)C. The van der Waals surface area contributed by atoms with Crippen LogP contribution in [-0.4, -0.2) is 180 Å². The molecule has 1 rings (SSSR count). The van der Waals surface area contributed by atoms with Crippen molar-refractivity contribution in [2.45, 2.75) is 377 Å². The molecule has 0 bridgehead atoms. The molecule has 0 aromatic heterocycles. The Morgan fingerprint density at radius 2 is 0.565 bits per heavy atom. The van der Waals surface area contributed by atoms with Crippen molar-refractivity contribution in [3.8, 4) is 0 Å². The van der Waals surface area contributed by atoms with E-state index in [-0.39, 0.29) is 44.1 Å². The van der Waals surface area contributed by atoms with Crippen LogP contribution in [0.5, 0.6) is 0 Å². The predicted molar refractivity (Wildman–Crippen MR) is 433 cm³/mol. The van der Waals surface area contributed by atoms with Gasteiger partial charge in [-0.25, -0.2) is 33.6 Å². The van der Waals surface area contributed by atoms with E-state index in [9.17, 15) is 38.4 Å².